The molecule has 0 aliphatic carbocycles. The molecule has 5 heteroatoms. The highest BCUT2D eigenvalue weighted by Crippen LogP contribution is 2.19. The largest absolute Gasteiger partial charge is 0.324 e. The van der Waals surface area contributed by atoms with Crippen LogP contribution < -0.4 is 5.32 Å². The van der Waals surface area contributed by atoms with Crippen molar-refractivity contribution in [2.45, 2.75) is 20.4 Å². The van der Waals surface area contributed by atoms with Gasteiger partial charge in [0.15, 0.2) is 0 Å². The molecule has 2 rings (SSSR count). The van der Waals surface area contributed by atoms with Crippen LogP contribution in [0, 0.1) is 13.8 Å². The number of nitrogens with one attached hydrogen (secondary N) is 1. The monoisotopic (exact) mass is 263 g/mol. The van der Waals surface area contributed by atoms with Crippen molar-refractivity contribution in [3.63, 3.8) is 0 Å². The SMILES string of the molecule is Cc1cccc(C)c1NC(=O)Cn1cc(Cl)cn1. The van der Waals surface area contributed by atoms with Gasteiger partial charge in [0.25, 0.3) is 0 Å². The van der Waals surface area contributed by atoms with E-state index in [2.05, 4.69) is 10.4 Å². The first-order valence-electron chi connectivity index (χ1n) is 5.60. The number of hydrogen-bond acceptors (Lipinski definition) is 2. The first kappa shape index (κ1) is 12.6. The van der Waals surface area contributed by atoms with Crippen molar-refractivity contribution in [1.82, 2.24) is 9.78 Å². The Kier molecular flexibility index (Phi) is 3.67. The summed E-state index contributed by atoms with van der Waals surface area (Å²) in [6, 6.07) is 5.90. The minimum Gasteiger partial charge on any atom is -0.324 e. The molecule has 0 aliphatic rings. The Balaban J connectivity index is 2.08. The van der Waals surface area contributed by atoms with Gasteiger partial charge in [-0.3, -0.25) is 9.48 Å². The molecular formula is C13H14ClN3O. The molecule has 18 heavy (non-hydrogen) atoms. The maximum absolute atomic E-state index is 11.9. The molecule has 0 atom stereocenters. The number of aryl methyl sites for hydroxylation is 2. The summed E-state index contributed by atoms with van der Waals surface area (Å²) < 4.78 is 1.51. The van der Waals surface area contributed by atoms with Gasteiger partial charge in [0.1, 0.15) is 6.54 Å². The van der Waals surface area contributed by atoms with Gasteiger partial charge in [-0.05, 0) is 25.0 Å². The molecule has 0 saturated carbocycles. The fourth-order valence-electron chi connectivity index (χ4n) is 1.76. The molecule has 0 unspecified atom stereocenters. The Morgan fingerprint density at radius 1 is 1.39 bits per heavy atom. The van der Waals surface area contributed by atoms with Gasteiger partial charge in [0.2, 0.25) is 5.91 Å². The summed E-state index contributed by atoms with van der Waals surface area (Å²) in [6.45, 7) is 4.08. The van der Waals surface area contributed by atoms with E-state index in [4.69, 9.17) is 11.6 Å². The molecule has 2 aromatic rings. The summed E-state index contributed by atoms with van der Waals surface area (Å²) in [4.78, 5) is 11.9. The van der Waals surface area contributed by atoms with E-state index in [-0.39, 0.29) is 12.5 Å². The summed E-state index contributed by atoms with van der Waals surface area (Å²) in [5.41, 5.74) is 2.95. The third kappa shape index (κ3) is 2.90. The van der Waals surface area contributed by atoms with Gasteiger partial charge in [0.05, 0.1) is 11.2 Å². The molecule has 0 aliphatic heterocycles. The Bertz CT molecular complexity index is 557. The lowest BCUT2D eigenvalue weighted by Gasteiger charge is -2.11. The number of hydrogen-bond donors (Lipinski definition) is 1. The van der Waals surface area contributed by atoms with Crippen LogP contribution in [-0.2, 0) is 11.3 Å². The number of nitrogens with zero attached hydrogens (tertiary/aromatic N) is 2. The number of amides is 1. The highest BCUT2D eigenvalue weighted by molar-refractivity contribution is 6.30. The molecule has 0 radical (unpaired) electrons. The topological polar surface area (TPSA) is 46.9 Å². The molecule has 1 N–H and O–H groups in total. The highest BCUT2D eigenvalue weighted by Gasteiger charge is 2.08. The summed E-state index contributed by atoms with van der Waals surface area (Å²) >= 11 is 5.74. The van der Waals surface area contributed by atoms with E-state index < -0.39 is 0 Å². The predicted molar refractivity (Wildman–Crippen MR) is 71.8 cm³/mol. The molecule has 94 valence electrons. The number of anilines is 1. The predicted octanol–water partition coefficient (Wildman–Crippen LogP) is 2.79. The van der Waals surface area contributed by atoms with Gasteiger partial charge in [-0.25, -0.2) is 0 Å². The summed E-state index contributed by atoms with van der Waals surface area (Å²) in [7, 11) is 0. The standard InChI is InChI=1S/C13H14ClN3O/c1-9-4-3-5-10(2)13(9)16-12(18)8-17-7-11(14)6-15-17/h3-7H,8H2,1-2H3,(H,16,18). The zero-order valence-electron chi connectivity index (χ0n) is 10.3. The Morgan fingerprint density at radius 3 is 2.61 bits per heavy atom. The van der Waals surface area contributed by atoms with Crippen molar-refractivity contribution < 1.29 is 4.79 Å². The van der Waals surface area contributed by atoms with E-state index in [0.29, 0.717) is 5.02 Å². The minimum absolute atomic E-state index is 0.118. The Morgan fingerprint density at radius 2 is 2.06 bits per heavy atom. The Hall–Kier alpha value is -1.81. The second-order valence-corrected chi connectivity index (χ2v) is 4.61. The smallest absolute Gasteiger partial charge is 0.246 e. The maximum atomic E-state index is 11.9. The first-order chi connectivity index (χ1) is 8.56. The van der Waals surface area contributed by atoms with Crippen molar-refractivity contribution in [2.24, 2.45) is 0 Å². The number of halogens is 1. The lowest BCUT2D eigenvalue weighted by atomic mass is 10.1. The van der Waals surface area contributed by atoms with Crippen LogP contribution in [-0.4, -0.2) is 15.7 Å². The zero-order chi connectivity index (χ0) is 13.1. The van der Waals surface area contributed by atoms with Crippen LogP contribution in [0.4, 0.5) is 5.69 Å². The second kappa shape index (κ2) is 5.23. The lowest BCUT2D eigenvalue weighted by molar-refractivity contribution is -0.116. The molecule has 0 saturated heterocycles. The van der Waals surface area contributed by atoms with Crippen LogP contribution in [0.2, 0.25) is 5.02 Å². The van der Waals surface area contributed by atoms with Crippen LogP contribution in [0.3, 0.4) is 0 Å². The van der Waals surface area contributed by atoms with Gasteiger partial charge in [-0.2, -0.15) is 5.10 Å². The van der Waals surface area contributed by atoms with Crippen LogP contribution in [0.1, 0.15) is 11.1 Å². The van der Waals surface area contributed by atoms with Crippen molar-refractivity contribution in [3.8, 4) is 0 Å². The van der Waals surface area contributed by atoms with Gasteiger partial charge in [-0.1, -0.05) is 29.8 Å². The molecule has 0 spiro atoms. The lowest BCUT2D eigenvalue weighted by Crippen LogP contribution is -2.20. The number of benzene rings is 1. The summed E-state index contributed by atoms with van der Waals surface area (Å²) in [5.74, 6) is -0.118. The van der Waals surface area contributed by atoms with E-state index >= 15 is 0 Å². The van der Waals surface area contributed by atoms with Crippen LogP contribution >= 0.6 is 11.6 Å². The minimum atomic E-state index is -0.118. The number of aromatic nitrogens is 2. The van der Waals surface area contributed by atoms with E-state index in [1.54, 1.807) is 6.20 Å². The van der Waals surface area contributed by atoms with Crippen molar-refractivity contribution in [2.75, 3.05) is 5.32 Å². The van der Waals surface area contributed by atoms with E-state index in [9.17, 15) is 4.79 Å². The van der Waals surface area contributed by atoms with Crippen molar-refractivity contribution >= 4 is 23.2 Å². The quantitative estimate of drug-likeness (QED) is 0.926. The molecular weight excluding hydrogens is 250 g/mol. The van der Waals surface area contributed by atoms with Crippen LogP contribution in [0.15, 0.2) is 30.6 Å². The van der Waals surface area contributed by atoms with E-state index in [1.807, 2.05) is 32.0 Å². The third-order valence-electron chi connectivity index (χ3n) is 2.65. The summed E-state index contributed by atoms with van der Waals surface area (Å²) in [5, 5.41) is 7.38. The number of rotatable bonds is 3. The highest BCUT2D eigenvalue weighted by atomic mass is 35.5. The first-order valence-corrected chi connectivity index (χ1v) is 5.98. The maximum Gasteiger partial charge on any atom is 0.246 e. The fourth-order valence-corrected chi connectivity index (χ4v) is 1.92. The van der Waals surface area contributed by atoms with Crippen molar-refractivity contribution in [1.29, 1.82) is 0 Å². The number of carbonyl (C=O) groups excluding carboxylic acids is 1. The van der Waals surface area contributed by atoms with Gasteiger partial charge < -0.3 is 5.32 Å². The Labute approximate surface area is 111 Å². The molecule has 1 aromatic heterocycles. The van der Waals surface area contributed by atoms with Crippen LogP contribution in [0.25, 0.3) is 0 Å². The average molecular weight is 264 g/mol. The third-order valence-corrected chi connectivity index (χ3v) is 2.85. The van der Waals surface area contributed by atoms with E-state index in [0.717, 1.165) is 16.8 Å². The van der Waals surface area contributed by atoms with E-state index in [1.165, 1.54) is 10.9 Å². The normalized spacial score (nSPS) is 10.4. The molecule has 1 amide bonds. The van der Waals surface area contributed by atoms with Crippen LogP contribution in [0.5, 0.6) is 0 Å². The number of carbonyl (C=O) groups is 1. The van der Waals surface area contributed by atoms with Crippen molar-refractivity contribution in [3.05, 3.63) is 46.7 Å². The van der Waals surface area contributed by atoms with Gasteiger partial charge in [-0.15, -0.1) is 0 Å². The molecule has 4 nitrogen and oxygen atoms in total. The zero-order valence-corrected chi connectivity index (χ0v) is 11.0. The molecule has 0 bridgehead atoms. The van der Waals surface area contributed by atoms with Gasteiger partial charge in [0, 0.05) is 11.9 Å². The molecule has 0 fully saturated rings. The average Bonchev–Trinajstić information content (AvgIpc) is 2.69. The fraction of sp³-hybridized carbons (Fsp3) is 0.231. The van der Waals surface area contributed by atoms with Gasteiger partial charge >= 0.3 is 0 Å². The molecule has 1 heterocycles. The second-order valence-electron chi connectivity index (χ2n) is 4.17. The summed E-state index contributed by atoms with van der Waals surface area (Å²) in [6.07, 6.45) is 3.12. The molecule has 1 aromatic carbocycles. The number of para-hydroxylation sites is 1.